The topological polar surface area (TPSA) is 63.2 Å². The van der Waals surface area contributed by atoms with E-state index in [0.717, 1.165) is 12.7 Å². The number of carbonyl (C=O) groups is 1. The third-order valence-electron chi connectivity index (χ3n) is 3.28. The van der Waals surface area contributed by atoms with Crippen LogP contribution in [-0.2, 0) is 9.53 Å². The lowest BCUT2D eigenvalue weighted by Gasteiger charge is -2.35. The van der Waals surface area contributed by atoms with Crippen LogP contribution in [-0.4, -0.2) is 29.9 Å². The average molecular weight is 339 g/mol. The van der Waals surface area contributed by atoms with Crippen LogP contribution < -0.4 is 10.6 Å². The van der Waals surface area contributed by atoms with Crippen molar-refractivity contribution < 1.29 is 22.7 Å². The van der Waals surface area contributed by atoms with Crippen LogP contribution in [0.3, 0.4) is 0 Å². The molecule has 0 spiro atoms. The molecule has 8 heteroatoms. The number of hydrogen-bond donors (Lipinski definition) is 2. The van der Waals surface area contributed by atoms with Gasteiger partial charge in [0.05, 0.1) is 7.11 Å². The van der Waals surface area contributed by atoms with Gasteiger partial charge in [-0.05, 0) is 31.2 Å². The molecule has 0 aliphatic carbocycles. The number of hydrogen-bond acceptors (Lipinski definition) is 5. The number of benzene rings is 1. The van der Waals surface area contributed by atoms with Crippen LogP contribution in [0.1, 0.15) is 5.56 Å². The Morgan fingerprint density at radius 3 is 2.25 bits per heavy atom. The van der Waals surface area contributed by atoms with Gasteiger partial charge in [-0.3, -0.25) is 0 Å². The van der Waals surface area contributed by atoms with E-state index in [1.165, 1.54) is 30.5 Å². The maximum Gasteiger partial charge on any atom is 0.441 e. The Labute approximate surface area is 136 Å². The Balaban J connectivity index is 2.49. The molecular formula is C16H16F3N3O2. The number of nitrogens with one attached hydrogen (secondary N) is 2. The van der Waals surface area contributed by atoms with Crippen LogP contribution in [0.15, 0.2) is 48.7 Å². The van der Waals surface area contributed by atoms with Crippen molar-refractivity contribution in [3.8, 4) is 0 Å². The summed E-state index contributed by atoms with van der Waals surface area (Å²) >= 11 is 0. The highest BCUT2D eigenvalue weighted by Crippen LogP contribution is 2.35. The molecule has 0 radical (unpaired) electrons. The second-order valence-electron chi connectivity index (χ2n) is 5.07. The Morgan fingerprint density at radius 1 is 1.08 bits per heavy atom. The monoisotopic (exact) mass is 339 g/mol. The lowest BCUT2D eigenvalue weighted by Crippen LogP contribution is -2.64. The van der Waals surface area contributed by atoms with Gasteiger partial charge in [0.25, 0.3) is 0 Å². The lowest BCUT2D eigenvalue weighted by atomic mass is 10.1. The van der Waals surface area contributed by atoms with Gasteiger partial charge in [-0.2, -0.15) is 13.2 Å². The summed E-state index contributed by atoms with van der Waals surface area (Å²) in [7, 11) is 0.889. The molecule has 128 valence electrons. The van der Waals surface area contributed by atoms with E-state index >= 15 is 0 Å². The molecule has 5 nitrogen and oxygen atoms in total. The van der Waals surface area contributed by atoms with E-state index in [1.807, 2.05) is 0 Å². The Hall–Kier alpha value is -2.77. The molecule has 0 bridgehead atoms. The highest BCUT2D eigenvalue weighted by molar-refractivity contribution is 5.88. The fourth-order valence-corrected chi connectivity index (χ4v) is 2.03. The molecular weight excluding hydrogens is 323 g/mol. The van der Waals surface area contributed by atoms with Crippen molar-refractivity contribution in [1.82, 2.24) is 4.98 Å². The predicted molar refractivity (Wildman–Crippen MR) is 83.5 cm³/mol. The van der Waals surface area contributed by atoms with Crippen LogP contribution in [0, 0.1) is 6.92 Å². The van der Waals surface area contributed by atoms with Gasteiger partial charge in [-0.15, -0.1) is 0 Å². The third-order valence-corrected chi connectivity index (χ3v) is 3.28. The summed E-state index contributed by atoms with van der Waals surface area (Å²) in [4.78, 5) is 15.9. The van der Waals surface area contributed by atoms with Crippen molar-refractivity contribution in [2.24, 2.45) is 0 Å². The number of methoxy groups -OCH3 is 1. The number of aryl methyl sites for hydroxylation is 1. The average Bonchev–Trinajstić information content (AvgIpc) is 2.55. The number of nitrogens with zero attached hydrogens (tertiary/aromatic N) is 1. The summed E-state index contributed by atoms with van der Waals surface area (Å²) < 4.78 is 45.8. The van der Waals surface area contributed by atoms with E-state index in [-0.39, 0.29) is 11.5 Å². The molecule has 0 fully saturated rings. The van der Waals surface area contributed by atoms with Crippen LogP contribution in [0.2, 0.25) is 0 Å². The third kappa shape index (κ3) is 3.58. The molecule has 0 saturated carbocycles. The maximum absolute atomic E-state index is 13.8. The summed E-state index contributed by atoms with van der Waals surface area (Å²) in [6, 6.07) is 10.5. The van der Waals surface area contributed by atoms with Gasteiger partial charge in [0.1, 0.15) is 5.82 Å². The first kappa shape index (κ1) is 17.6. The van der Waals surface area contributed by atoms with E-state index in [1.54, 1.807) is 25.1 Å². The first-order chi connectivity index (χ1) is 11.3. The first-order valence-corrected chi connectivity index (χ1v) is 6.98. The van der Waals surface area contributed by atoms with Gasteiger partial charge in [-0.1, -0.05) is 23.8 Å². The quantitative estimate of drug-likeness (QED) is 0.646. The number of halogens is 3. The molecule has 1 heterocycles. The fourth-order valence-electron chi connectivity index (χ4n) is 2.03. The van der Waals surface area contributed by atoms with Crippen molar-refractivity contribution >= 4 is 17.5 Å². The van der Waals surface area contributed by atoms with Crippen LogP contribution in [0.5, 0.6) is 0 Å². The molecule has 0 aliphatic heterocycles. The summed E-state index contributed by atoms with van der Waals surface area (Å²) in [5, 5.41) is 4.33. The molecule has 2 rings (SSSR count). The number of esters is 1. The number of ether oxygens (including phenoxy) is 1. The number of anilines is 2. The lowest BCUT2D eigenvalue weighted by molar-refractivity contribution is -0.193. The first-order valence-electron chi connectivity index (χ1n) is 6.98. The number of rotatable bonds is 5. The Bertz CT molecular complexity index is 690. The molecule has 2 N–H and O–H groups in total. The van der Waals surface area contributed by atoms with Crippen LogP contribution in [0.25, 0.3) is 0 Å². The van der Waals surface area contributed by atoms with E-state index in [9.17, 15) is 18.0 Å². The molecule has 0 amide bonds. The SMILES string of the molecule is COC(=O)[C@](Nc1ccc(C)cc1)(Nc1ccccn1)C(F)(F)F. The minimum absolute atomic E-state index is 0.103. The highest BCUT2D eigenvalue weighted by Gasteiger charge is 2.63. The van der Waals surface area contributed by atoms with Gasteiger partial charge in [-0.25, -0.2) is 9.78 Å². The summed E-state index contributed by atoms with van der Waals surface area (Å²) in [5.74, 6) is -1.65. The van der Waals surface area contributed by atoms with Crippen LogP contribution in [0.4, 0.5) is 24.7 Å². The van der Waals surface area contributed by atoms with Gasteiger partial charge in [0.2, 0.25) is 0 Å². The van der Waals surface area contributed by atoms with Crippen molar-refractivity contribution in [3.05, 3.63) is 54.2 Å². The van der Waals surface area contributed by atoms with Crippen molar-refractivity contribution in [1.29, 1.82) is 0 Å². The minimum atomic E-state index is -5.00. The van der Waals surface area contributed by atoms with E-state index in [2.05, 4.69) is 20.4 Å². The predicted octanol–water partition coefficient (Wildman–Crippen LogP) is 3.35. The molecule has 2 aromatic rings. The van der Waals surface area contributed by atoms with E-state index in [0.29, 0.717) is 0 Å². The number of alkyl halides is 3. The molecule has 0 aliphatic rings. The van der Waals surface area contributed by atoms with Gasteiger partial charge in [0, 0.05) is 11.9 Å². The smallest absolute Gasteiger partial charge is 0.441 e. The fraction of sp³-hybridized carbons (Fsp3) is 0.250. The minimum Gasteiger partial charge on any atom is -0.466 e. The molecule has 0 unspecified atom stereocenters. The second-order valence-corrected chi connectivity index (χ2v) is 5.07. The largest absolute Gasteiger partial charge is 0.466 e. The molecule has 0 saturated heterocycles. The summed E-state index contributed by atoms with van der Waals surface area (Å²) in [6.45, 7) is 1.80. The van der Waals surface area contributed by atoms with Gasteiger partial charge >= 0.3 is 17.8 Å². The summed E-state index contributed by atoms with van der Waals surface area (Å²) in [5.41, 5.74) is -2.20. The maximum atomic E-state index is 13.8. The zero-order chi connectivity index (χ0) is 17.8. The van der Waals surface area contributed by atoms with Gasteiger partial charge in [0.15, 0.2) is 0 Å². The Kier molecular flexibility index (Phi) is 4.96. The number of aromatic nitrogens is 1. The molecule has 1 aromatic carbocycles. The normalized spacial score (nSPS) is 13.7. The Morgan fingerprint density at radius 2 is 1.75 bits per heavy atom. The van der Waals surface area contributed by atoms with Crippen molar-refractivity contribution in [2.75, 3.05) is 17.7 Å². The van der Waals surface area contributed by atoms with E-state index < -0.39 is 17.8 Å². The zero-order valence-corrected chi connectivity index (χ0v) is 13.0. The number of carbonyl (C=O) groups excluding carboxylic acids is 1. The highest BCUT2D eigenvalue weighted by atomic mass is 19.4. The molecule has 1 aromatic heterocycles. The van der Waals surface area contributed by atoms with Crippen molar-refractivity contribution in [2.45, 2.75) is 18.8 Å². The van der Waals surface area contributed by atoms with Crippen LogP contribution >= 0.6 is 0 Å². The summed E-state index contributed by atoms with van der Waals surface area (Å²) in [6.07, 6.45) is -3.69. The van der Waals surface area contributed by atoms with Crippen molar-refractivity contribution in [3.63, 3.8) is 0 Å². The standard InChI is InChI=1S/C16H16F3N3O2/c1-11-6-8-12(9-7-11)21-15(14(23)24-2,16(17,18)19)22-13-5-3-4-10-20-13/h3-10,21H,1-2H3,(H,20,22)/t15-/m0/s1. The molecule has 24 heavy (non-hydrogen) atoms. The van der Waals surface area contributed by atoms with E-state index in [4.69, 9.17) is 0 Å². The molecule has 1 atom stereocenters. The van der Waals surface area contributed by atoms with Gasteiger partial charge < -0.3 is 15.4 Å². The zero-order valence-electron chi connectivity index (χ0n) is 13.0. The second kappa shape index (κ2) is 6.77. The number of pyridine rings is 1.